The highest BCUT2D eigenvalue weighted by Crippen LogP contribution is 2.16. The summed E-state index contributed by atoms with van der Waals surface area (Å²) in [7, 11) is 0. The van der Waals surface area contributed by atoms with Gasteiger partial charge in [0.25, 0.3) is 0 Å². The second-order valence-electron chi connectivity index (χ2n) is 5.93. The van der Waals surface area contributed by atoms with Crippen LogP contribution in [-0.4, -0.2) is 66.2 Å². The molecule has 0 spiro atoms. The summed E-state index contributed by atoms with van der Waals surface area (Å²) >= 11 is 1.97. The molecule has 0 saturated carbocycles. The summed E-state index contributed by atoms with van der Waals surface area (Å²) in [4.78, 5) is 13.5. The molecule has 2 N–H and O–H groups in total. The van der Waals surface area contributed by atoms with Gasteiger partial charge in [0.1, 0.15) is 5.82 Å². The molecule has 0 aliphatic carbocycles. The van der Waals surface area contributed by atoms with Crippen molar-refractivity contribution in [3.63, 3.8) is 0 Å². The minimum atomic E-state index is 0.261. The van der Waals surface area contributed by atoms with Crippen molar-refractivity contribution in [3.05, 3.63) is 23.9 Å². The fraction of sp³-hybridized carbons (Fsp3) is 0.625. The van der Waals surface area contributed by atoms with E-state index in [2.05, 4.69) is 38.8 Å². The van der Waals surface area contributed by atoms with E-state index in [1.165, 1.54) is 0 Å². The first kappa shape index (κ1) is 16.4. The van der Waals surface area contributed by atoms with E-state index in [4.69, 9.17) is 10.5 Å². The largest absolute Gasteiger partial charge is 0.375 e. The van der Waals surface area contributed by atoms with Gasteiger partial charge in [-0.1, -0.05) is 6.07 Å². The Kier molecular flexibility index (Phi) is 5.61. The summed E-state index contributed by atoms with van der Waals surface area (Å²) in [6.45, 7) is 7.22. The fourth-order valence-electron chi connectivity index (χ4n) is 2.79. The predicted molar refractivity (Wildman–Crippen MR) is 96.1 cm³/mol. The number of aliphatic imine (C=N–C) groups is 1. The van der Waals surface area contributed by atoms with Crippen LogP contribution in [0.3, 0.4) is 0 Å². The van der Waals surface area contributed by atoms with Gasteiger partial charge in [0.15, 0.2) is 5.96 Å². The van der Waals surface area contributed by atoms with E-state index in [9.17, 15) is 0 Å². The third-order valence-corrected chi connectivity index (χ3v) is 5.08. The molecule has 3 heterocycles. The zero-order valence-corrected chi connectivity index (χ0v) is 14.5. The standard InChI is InChI=1S/C16H25N5OS/c1-13-12-21(4-7-22-13)15-3-2-14(10-18-15)11-19-16(17)20-5-8-23-9-6-20/h2-3,10,13H,4-9,11-12H2,1H3,(H2,17,19). The molecule has 1 unspecified atom stereocenters. The molecule has 0 amide bonds. The van der Waals surface area contributed by atoms with Gasteiger partial charge in [0.05, 0.1) is 19.3 Å². The maximum Gasteiger partial charge on any atom is 0.191 e. The predicted octanol–water partition coefficient (Wildman–Crippen LogP) is 1.17. The van der Waals surface area contributed by atoms with Gasteiger partial charge in [-0.05, 0) is 18.6 Å². The summed E-state index contributed by atoms with van der Waals surface area (Å²) in [5, 5.41) is 0. The minimum absolute atomic E-state index is 0.261. The van der Waals surface area contributed by atoms with Crippen molar-refractivity contribution >= 4 is 23.5 Å². The van der Waals surface area contributed by atoms with Crippen LogP contribution in [0.25, 0.3) is 0 Å². The van der Waals surface area contributed by atoms with E-state index >= 15 is 0 Å². The highest BCUT2D eigenvalue weighted by molar-refractivity contribution is 7.99. The Balaban J connectivity index is 1.56. The number of hydrogen-bond donors (Lipinski definition) is 1. The second-order valence-corrected chi connectivity index (χ2v) is 7.15. The van der Waals surface area contributed by atoms with E-state index < -0.39 is 0 Å². The summed E-state index contributed by atoms with van der Waals surface area (Å²) in [5.41, 5.74) is 7.17. The van der Waals surface area contributed by atoms with Gasteiger partial charge in [0, 0.05) is 43.9 Å². The Morgan fingerprint density at radius 1 is 1.39 bits per heavy atom. The van der Waals surface area contributed by atoms with Crippen molar-refractivity contribution in [2.45, 2.75) is 19.6 Å². The Morgan fingerprint density at radius 2 is 2.22 bits per heavy atom. The lowest BCUT2D eigenvalue weighted by Gasteiger charge is -2.32. The minimum Gasteiger partial charge on any atom is -0.375 e. The maximum absolute atomic E-state index is 6.08. The van der Waals surface area contributed by atoms with Crippen LogP contribution in [0.4, 0.5) is 5.82 Å². The third-order valence-electron chi connectivity index (χ3n) is 4.13. The lowest BCUT2D eigenvalue weighted by Crippen LogP contribution is -2.42. The van der Waals surface area contributed by atoms with Crippen LogP contribution in [0.5, 0.6) is 0 Å². The van der Waals surface area contributed by atoms with Gasteiger partial charge >= 0.3 is 0 Å². The monoisotopic (exact) mass is 335 g/mol. The van der Waals surface area contributed by atoms with Gasteiger partial charge in [0.2, 0.25) is 0 Å². The lowest BCUT2D eigenvalue weighted by atomic mass is 10.2. The van der Waals surface area contributed by atoms with Gasteiger partial charge in [-0.3, -0.25) is 0 Å². The molecule has 6 nitrogen and oxygen atoms in total. The Labute approximate surface area is 142 Å². The first-order valence-electron chi connectivity index (χ1n) is 8.16. The summed E-state index contributed by atoms with van der Waals surface area (Å²) in [5.74, 6) is 3.92. The smallest absolute Gasteiger partial charge is 0.191 e. The van der Waals surface area contributed by atoms with Crippen LogP contribution in [0.15, 0.2) is 23.3 Å². The molecule has 2 aliphatic rings. The third kappa shape index (κ3) is 4.51. The summed E-state index contributed by atoms with van der Waals surface area (Å²) in [6, 6.07) is 4.15. The molecule has 3 rings (SSSR count). The van der Waals surface area contributed by atoms with Gasteiger partial charge < -0.3 is 20.3 Å². The molecular weight excluding hydrogens is 310 g/mol. The Bertz CT molecular complexity index is 530. The molecule has 126 valence electrons. The van der Waals surface area contributed by atoms with E-state index in [0.29, 0.717) is 12.5 Å². The second kappa shape index (κ2) is 7.88. The molecule has 23 heavy (non-hydrogen) atoms. The Morgan fingerprint density at radius 3 is 2.91 bits per heavy atom. The number of thioether (sulfide) groups is 1. The van der Waals surface area contributed by atoms with Crippen molar-refractivity contribution in [2.24, 2.45) is 10.7 Å². The van der Waals surface area contributed by atoms with Crippen LogP contribution in [-0.2, 0) is 11.3 Å². The normalized spacial score (nSPS) is 23.2. The van der Waals surface area contributed by atoms with Crippen LogP contribution in [0.1, 0.15) is 12.5 Å². The van der Waals surface area contributed by atoms with E-state index in [-0.39, 0.29) is 6.10 Å². The number of rotatable bonds is 3. The van der Waals surface area contributed by atoms with E-state index in [1.807, 2.05) is 18.0 Å². The highest BCUT2D eigenvalue weighted by Gasteiger charge is 2.17. The fourth-order valence-corrected chi connectivity index (χ4v) is 3.69. The number of hydrogen-bond acceptors (Lipinski definition) is 5. The van der Waals surface area contributed by atoms with E-state index in [0.717, 1.165) is 55.7 Å². The number of ether oxygens (including phenoxy) is 1. The van der Waals surface area contributed by atoms with Crippen molar-refractivity contribution in [1.29, 1.82) is 0 Å². The molecule has 2 aliphatic heterocycles. The molecule has 0 aromatic carbocycles. The molecule has 1 aromatic heterocycles. The van der Waals surface area contributed by atoms with Crippen LogP contribution >= 0.6 is 11.8 Å². The molecular formula is C16H25N5OS. The van der Waals surface area contributed by atoms with Crippen LogP contribution in [0.2, 0.25) is 0 Å². The molecule has 1 atom stereocenters. The van der Waals surface area contributed by atoms with Crippen molar-refractivity contribution in [2.75, 3.05) is 49.2 Å². The quantitative estimate of drug-likeness (QED) is 0.661. The first-order chi connectivity index (χ1) is 11.2. The number of aromatic nitrogens is 1. The Hall–Kier alpha value is -1.47. The highest BCUT2D eigenvalue weighted by atomic mass is 32.2. The topological polar surface area (TPSA) is 67.0 Å². The number of morpholine rings is 1. The maximum atomic E-state index is 6.08. The molecule has 0 radical (unpaired) electrons. The number of guanidine groups is 1. The van der Waals surface area contributed by atoms with Crippen LogP contribution in [0, 0.1) is 0 Å². The van der Waals surface area contributed by atoms with Crippen molar-refractivity contribution < 1.29 is 4.74 Å². The van der Waals surface area contributed by atoms with Gasteiger partial charge in [-0.15, -0.1) is 0 Å². The first-order valence-corrected chi connectivity index (χ1v) is 9.32. The van der Waals surface area contributed by atoms with Gasteiger partial charge in [-0.2, -0.15) is 11.8 Å². The molecule has 2 fully saturated rings. The lowest BCUT2D eigenvalue weighted by molar-refractivity contribution is 0.0529. The number of anilines is 1. The zero-order chi connectivity index (χ0) is 16.1. The summed E-state index contributed by atoms with van der Waals surface area (Å²) < 4.78 is 5.57. The average Bonchev–Trinajstić information content (AvgIpc) is 2.61. The number of nitrogens with zero attached hydrogens (tertiary/aromatic N) is 4. The summed E-state index contributed by atoms with van der Waals surface area (Å²) in [6.07, 6.45) is 2.16. The average molecular weight is 335 g/mol. The molecule has 1 aromatic rings. The molecule has 2 saturated heterocycles. The number of nitrogens with two attached hydrogens (primary N) is 1. The van der Waals surface area contributed by atoms with E-state index in [1.54, 1.807) is 0 Å². The van der Waals surface area contributed by atoms with Crippen LogP contribution < -0.4 is 10.6 Å². The number of pyridine rings is 1. The van der Waals surface area contributed by atoms with Gasteiger partial charge in [-0.25, -0.2) is 9.98 Å². The van der Waals surface area contributed by atoms with Crippen molar-refractivity contribution in [1.82, 2.24) is 9.88 Å². The molecule has 7 heteroatoms. The SMILES string of the molecule is CC1CN(c2ccc(CN=C(N)N3CCSCC3)cn2)CCO1. The zero-order valence-electron chi connectivity index (χ0n) is 13.6. The van der Waals surface area contributed by atoms with Crippen molar-refractivity contribution in [3.8, 4) is 0 Å². The molecule has 0 bridgehead atoms.